The van der Waals surface area contributed by atoms with Gasteiger partial charge in [0, 0.05) is 11.8 Å². The van der Waals surface area contributed by atoms with E-state index in [-0.39, 0.29) is 17.2 Å². The number of aliphatic hydroxyl groups is 4. The number of carbonyl (C=O) groups excluding carboxylic acids is 1. The molecule has 7 atom stereocenters. The van der Waals surface area contributed by atoms with Gasteiger partial charge in [0.05, 0.1) is 25.3 Å². The van der Waals surface area contributed by atoms with Gasteiger partial charge in [-0.1, -0.05) is 18.5 Å². The number of hydrogen-bond donors (Lipinski definition) is 6. The summed E-state index contributed by atoms with van der Waals surface area (Å²) < 4.78 is 16.4. The van der Waals surface area contributed by atoms with Crippen molar-refractivity contribution in [1.29, 1.82) is 0 Å². The highest BCUT2D eigenvalue weighted by Crippen LogP contribution is 2.31. The second-order valence-corrected chi connectivity index (χ2v) is 11.2. The van der Waals surface area contributed by atoms with E-state index in [4.69, 9.17) is 24.5 Å². The summed E-state index contributed by atoms with van der Waals surface area (Å²) in [6.45, 7) is 3.39. The summed E-state index contributed by atoms with van der Waals surface area (Å²) in [7, 11) is 0. The molecule has 1 aliphatic carbocycles. The molecule has 4 rings (SSSR count). The van der Waals surface area contributed by atoms with Gasteiger partial charge >= 0.3 is 5.63 Å². The zero-order valence-electron chi connectivity index (χ0n) is 22.3. The Morgan fingerprint density at radius 3 is 2.73 bits per heavy atom. The molecule has 7 N–H and O–H groups in total. The summed E-state index contributed by atoms with van der Waals surface area (Å²) in [4.78, 5) is 35.0. The SMILES string of the molecule is CCC[C@@H](NC(=O)[C@]1(N)CSC(/C(C)=N/O[C@H]2O[C@H](CO)[C@@H](O)[C@H](O)[C@@H]2O)=N1)c1cc(OCC2CC2)cc(=O)o1. The molecule has 1 aromatic heterocycles. The largest absolute Gasteiger partial charge is 0.493 e. The highest BCUT2D eigenvalue weighted by Gasteiger charge is 2.45. The Kier molecular flexibility index (Phi) is 9.87. The first-order chi connectivity index (χ1) is 19.0. The number of oxime groups is 1. The molecule has 15 heteroatoms. The van der Waals surface area contributed by atoms with Crippen LogP contribution in [0.5, 0.6) is 5.75 Å². The van der Waals surface area contributed by atoms with E-state index in [9.17, 15) is 30.0 Å². The third kappa shape index (κ3) is 7.21. The average molecular weight is 585 g/mol. The van der Waals surface area contributed by atoms with Crippen molar-refractivity contribution < 1.29 is 43.9 Å². The van der Waals surface area contributed by atoms with Crippen LogP contribution in [0.1, 0.15) is 51.3 Å². The zero-order chi connectivity index (χ0) is 29.0. The highest BCUT2D eigenvalue weighted by atomic mass is 32.2. The van der Waals surface area contributed by atoms with E-state index in [0.29, 0.717) is 36.2 Å². The number of nitrogens with zero attached hydrogens (tertiary/aromatic N) is 2. The quantitative estimate of drug-likeness (QED) is 0.134. The minimum Gasteiger partial charge on any atom is -0.493 e. The fourth-order valence-corrected chi connectivity index (χ4v) is 5.16. The van der Waals surface area contributed by atoms with Crippen LogP contribution in [-0.4, -0.2) is 92.4 Å². The van der Waals surface area contributed by atoms with E-state index in [2.05, 4.69) is 15.5 Å². The second-order valence-electron chi connectivity index (χ2n) is 10.2. The van der Waals surface area contributed by atoms with Crippen LogP contribution in [0.2, 0.25) is 0 Å². The maximum atomic E-state index is 13.3. The van der Waals surface area contributed by atoms with E-state index in [1.54, 1.807) is 13.0 Å². The molecular weight excluding hydrogens is 548 g/mol. The molecule has 1 aromatic rings. The first-order valence-electron chi connectivity index (χ1n) is 13.2. The van der Waals surface area contributed by atoms with Crippen molar-refractivity contribution in [2.45, 2.75) is 81.9 Å². The monoisotopic (exact) mass is 584 g/mol. The Morgan fingerprint density at radius 2 is 2.05 bits per heavy atom. The van der Waals surface area contributed by atoms with Crippen molar-refractivity contribution >= 4 is 28.4 Å². The molecule has 0 spiro atoms. The summed E-state index contributed by atoms with van der Waals surface area (Å²) in [5.41, 5.74) is 4.34. The molecule has 14 nitrogen and oxygen atoms in total. The van der Waals surface area contributed by atoms with E-state index in [0.717, 1.165) is 24.6 Å². The molecule has 0 bridgehead atoms. The van der Waals surface area contributed by atoms with Gasteiger partial charge in [0.1, 0.15) is 46.7 Å². The molecule has 222 valence electrons. The zero-order valence-corrected chi connectivity index (χ0v) is 23.1. The van der Waals surface area contributed by atoms with Crippen molar-refractivity contribution in [3.8, 4) is 5.75 Å². The van der Waals surface area contributed by atoms with Gasteiger partial charge in [-0.15, -0.1) is 11.8 Å². The number of nitrogens with two attached hydrogens (primary N) is 1. The third-order valence-corrected chi connectivity index (χ3v) is 7.99. The lowest BCUT2D eigenvalue weighted by Gasteiger charge is -2.38. The van der Waals surface area contributed by atoms with Crippen LogP contribution < -0.4 is 21.4 Å². The van der Waals surface area contributed by atoms with Crippen molar-refractivity contribution in [3.63, 3.8) is 0 Å². The van der Waals surface area contributed by atoms with Gasteiger partial charge in [-0.25, -0.2) is 9.79 Å². The van der Waals surface area contributed by atoms with Gasteiger partial charge < -0.3 is 44.5 Å². The maximum Gasteiger partial charge on any atom is 0.339 e. The first kappa shape index (κ1) is 30.4. The number of thioether (sulfide) groups is 1. The lowest BCUT2D eigenvalue weighted by molar-refractivity contribution is -0.301. The van der Waals surface area contributed by atoms with Crippen LogP contribution in [0.3, 0.4) is 0 Å². The summed E-state index contributed by atoms with van der Waals surface area (Å²) >= 11 is 1.16. The van der Waals surface area contributed by atoms with E-state index < -0.39 is 60.6 Å². The maximum absolute atomic E-state index is 13.3. The van der Waals surface area contributed by atoms with Gasteiger partial charge in [-0.3, -0.25) is 10.5 Å². The average Bonchev–Trinajstić information content (AvgIpc) is 3.68. The standard InChI is InChI=1S/C25H36N4O10S/c1-3-4-15(16-7-14(8-18(31)37-16)36-10-13-5-6-13)27-24(35)25(26)11-40-22(28-25)12(2)29-39-23-21(34)20(33)19(32)17(9-30)38-23/h7-8,13,15,17,19-21,23,30,32-34H,3-6,9-11,26H2,1-2H3,(H,27,35)/b29-12+/t15-,17-,19-,20+,21+,23-,25+/m1/s1. The van der Waals surface area contributed by atoms with Crippen molar-refractivity contribution in [2.75, 3.05) is 19.0 Å². The molecule has 2 fully saturated rings. The van der Waals surface area contributed by atoms with Crippen LogP contribution in [0.25, 0.3) is 0 Å². The second kappa shape index (κ2) is 13.0. The van der Waals surface area contributed by atoms with Crippen LogP contribution in [0.15, 0.2) is 31.5 Å². The fraction of sp³-hybridized carbons (Fsp3) is 0.680. The Balaban J connectivity index is 1.42. The highest BCUT2D eigenvalue weighted by molar-refractivity contribution is 8.16. The van der Waals surface area contributed by atoms with Gasteiger partial charge in [0.15, 0.2) is 5.66 Å². The summed E-state index contributed by atoms with van der Waals surface area (Å²) in [6, 6.07) is 2.25. The third-order valence-electron chi connectivity index (χ3n) is 6.75. The van der Waals surface area contributed by atoms with Crippen molar-refractivity contribution in [1.82, 2.24) is 5.32 Å². The van der Waals surface area contributed by atoms with Gasteiger partial charge in [0.25, 0.3) is 12.2 Å². The summed E-state index contributed by atoms with van der Waals surface area (Å²) in [5, 5.41) is 46.3. The lowest BCUT2D eigenvalue weighted by atomic mass is 9.99. The molecule has 2 aliphatic heterocycles. The smallest absolute Gasteiger partial charge is 0.339 e. The van der Waals surface area contributed by atoms with Crippen LogP contribution >= 0.6 is 11.8 Å². The molecule has 3 aliphatic rings. The van der Waals surface area contributed by atoms with Crippen LogP contribution in [0.4, 0.5) is 0 Å². The molecule has 3 heterocycles. The summed E-state index contributed by atoms with van der Waals surface area (Å²) in [5.74, 6) is 0.661. The number of aliphatic hydroxyl groups excluding tert-OH is 4. The number of nitrogens with one attached hydrogen (secondary N) is 1. The predicted molar refractivity (Wildman–Crippen MR) is 144 cm³/mol. The Labute approximate surface area is 234 Å². The van der Waals surface area contributed by atoms with Gasteiger partial charge in [0.2, 0.25) is 0 Å². The number of carbonyl (C=O) groups is 1. The molecule has 1 amide bonds. The number of amides is 1. The normalized spacial score (nSPS) is 31.4. The van der Waals surface area contributed by atoms with Gasteiger partial charge in [-0.2, -0.15) is 0 Å². The fourth-order valence-electron chi connectivity index (χ4n) is 4.13. The van der Waals surface area contributed by atoms with Crippen LogP contribution in [0, 0.1) is 5.92 Å². The van der Waals surface area contributed by atoms with Gasteiger partial charge in [-0.05, 0) is 32.1 Å². The minimum atomic E-state index is -1.65. The number of ether oxygens (including phenoxy) is 2. The number of rotatable bonds is 12. The van der Waals surface area contributed by atoms with Crippen molar-refractivity contribution in [2.24, 2.45) is 21.8 Å². The topological polar surface area (TPSA) is 219 Å². The molecule has 40 heavy (non-hydrogen) atoms. The Morgan fingerprint density at radius 1 is 1.30 bits per heavy atom. The molecule has 0 unspecified atom stereocenters. The van der Waals surface area contributed by atoms with E-state index in [1.165, 1.54) is 6.07 Å². The minimum absolute atomic E-state index is 0.0917. The first-order valence-corrected chi connectivity index (χ1v) is 14.1. The molecular formula is C25H36N4O10S. The molecule has 1 saturated heterocycles. The number of hydrogen-bond acceptors (Lipinski definition) is 14. The Bertz CT molecular complexity index is 1170. The molecule has 0 radical (unpaired) electrons. The lowest BCUT2D eigenvalue weighted by Crippen LogP contribution is -2.58. The summed E-state index contributed by atoms with van der Waals surface area (Å²) in [6.07, 6.45) is -4.01. The molecule has 1 saturated carbocycles. The number of aliphatic imine (C=N–C) groups is 1. The Hall–Kier alpha value is -2.53. The predicted octanol–water partition coefficient (Wildman–Crippen LogP) is -0.621. The van der Waals surface area contributed by atoms with Crippen molar-refractivity contribution in [3.05, 3.63) is 28.3 Å². The van der Waals surface area contributed by atoms with E-state index in [1.807, 2.05) is 6.92 Å². The van der Waals surface area contributed by atoms with E-state index >= 15 is 0 Å². The van der Waals surface area contributed by atoms with Crippen LogP contribution in [-0.2, 0) is 14.4 Å². The molecule has 0 aromatic carbocycles.